The Morgan fingerprint density at radius 2 is 2.12 bits per heavy atom. The van der Waals surface area contributed by atoms with Crippen molar-refractivity contribution in [2.45, 2.75) is 19.4 Å². The third-order valence-corrected chi connectivity index (χ3v) is 2.67. The summed E-state index contributed by atoms with van der Waals surface area (Å²) in [5, 5.41) is 1.69. The Morgan fingerprint density at radius 3 is 2.75 bits per heavy atom. The van der Waals surface area contributed by atoms with Crippen molar-refractivity contribution in [1.82, 2.24) is 10.4 Å². The van der Waals surface area contributed by atoms with Crippen molar-refractivity contribution in [2.24, 2.45) is 0 Å². The van der Waals surface area contributed by atoms with Gasteiger partial charge < -0.3 is 4.74 Å². The molecule has 0 aliphatic carbocycles. The van der Waals surface area contributed by atoms with Gasteiger partial charge in [-0.3, -0.25) is 9.80 Å². The van der Waals surface area contributed by atoms with E-state index in [-0.39, 0.29) is 5.91 Å². The van der Waals surface area contributed by atoms with Crippen LogP contribution in [0.15, 0.2) is 24.3 Å². The summed E-state index contributed by atoms with van der Waals surface area (Å²) >= 11 is 0. The molecule has 16 heavy (non-hydrogen) atoms. The molecular weight excluding hydrogens is 204 g/mol. The van der Waals surface area contributed by atoms with E-state index >= 15 is 0 Å². The molecule has 1 heterocycles. The Bertz CT molecular complexity index is 362. The monoisotopic (exact) mass is 220 g/mol. The molecule has 1 N–H and O–H groups in total. The fourth-order valence-electron chi connectivity index (χ4n) is 1.73. The predicted octanol–water partition coefficient (Wildman–Crippen LogP) is 1.32. The number of rotatable bonds is 3. The fraction of sp³-hybridized carbons (Fsp3) is 0.417. The SMILES string of the molecule is COc1ccc(CN2NCCCC2=O)cc1. The minimum absolute atomic E-state index is 0.169. The number of methoxy groups -OCH3 is 1. The van der Waals surface area contributed by atoms with Crippen molar-refractivity contribution in [3.05, 3.63) is 29.8 Å². The Labute approximate surface area is 95.2 Å². The van der Waals surface area contributed by atoms with Crippen LogP contribution >= 0.6 is 0 Å². The summed E-state index contributed by atoms with van der Waals surface area (Å²) in [6.07, 6.45) is 1.57. The predicted molar refractivity (Wildman–Crippen MR) is 60.8 cm³/mol. The number of carbonyl (C=O) groups is 1. The molecule has 1 aromatic carbocycles. The highest BCUT2D eigenvalue weighted by molar-refractivity contribution is 5.76. The van der Waals surface area contributed by atoms with Crippen LogP contribution in [0.2, 0.25) is 0 Å². The largest absolute Gasteiger partial charge is 0.497 e. The first-order chi connectivity index (χ1) is 7.79. The minimum atomic E-state index is 0.169. The molecule has 0 bridgehead atoms. The van der Waals surface area contributed by atoms with Gasteiger partial charge in [0, 0.05) is 13.0 Å². The zero-order valence-electron chi connectivity index (χ0n) is 9.40. The van der Waals surface area contributed by atoms with E-state index in [4.69, 9.17) is 4.74 Å². The number of amides is 1. The number of nitrogens with one attached hydrogen (secondary N) is 1. The lowest BCUT2D eigenvalue weighted by Gasteiger charge is -2.27. The van der Waals surface area contributed by atoms with Crippen LogP contribution in [0.25, 0.3) is 0 Å². The maximum atomic E-state index is 11.6. The van der Waals surface area contributed by atoms with Gasteiger partial charge in [-0.1, -0.05) is 12.1 Å². The van der Waals surface area contributed by atoms with Crippen LogP contribution in [-0.4, -0.2) is 24.6 Å². The summed E-state index contributed by atoms with van der Waals surface area (Å²) < 4.78 is 5.08. The molecule has 0 spiro atoms. The molecule has 0 radical (unpaired) electrons. The number of nitrogens with zero attached hydrogens (tertiary/aromatic N) is 1. The van der Waals surface area contributed by atoms with E-state index in [2.05, 4.69) is 5.43 Å². The summed E-state index contributed by atoms with van der Waals surface area (Å²) in [5.41, 5.74) is 4.20. The molecule has 1 saturated heterocycles. The maximum Gasteiger partial charge on any atom is 0.237 e. The number of hydrazine groups is 1. The molecule has 1 fully saturated rings. The smallest absolute Gasteiger partial charge is 0.237 e. The van der Waals surface area contributed by atoms with Gasteiger partial charge in [0.2, 0.25) is 5.91 Å². The highest BCUT2D eigenvalue weighted by Crippen LogP contribution is 2.13. The van der Waals surface area contributed by atoms with Gasteiger partial charge in [0.15, 0.2) is 0 Å². The zero-order valence-corrected chi connectivity index (χ0v) is 9.40. The molecule has 4 heteroatoms. The summed E-state index contributed by atoms with van der Waals surface area (Å²) in [6.45, 7) is 1.49. The van der Waals surface area contributed by atoms with E-state index in [1.807, 2.05) is 24.3 Å². The van der Waals surface area contributed by atoms with Crippen molar-refractivity contribution < 1.29 is 9.53 Å². The average molecular weight is 220 g/mol. The van der Waals surface area contributed by atoms with E-state index in [0.29, 0.717) is 13.0 Å². The average Bonchev–Trinajstić information content (AvgIpc) is 2.33. The van der Waals surface area contributed by atoms with Crippen molar-refractivity contribution in [1.29, 1.82) is 0 Å². The minimum Gasteiger partial charge on any atom is -0.497 e. The fourth-order valence-corrected chi connectivity index (χ4v) is 1.73. The molecule has 1 aliphatic heterocycles. The first kappa shape index (κ1) is 11.0. The highest BCUT2D eigenvalue weighted by atomic mass is 16.5. The summed E-state index contributed by atoms with van der Waals surface area (Å²) in [4.78, 5) is 11.6. The van der Waals surface area contributed by atoms with Gasteiger partial charge in [0.25, 0.3) is 0 Å². The second kappa shape index (κ2) is 4.99. The molecule has 1 aromatic rings. The first-order valence-corrected chi connectivity index (χ1v) is 5.46. The van der Waals surface area contributed by atoms with Gasteiger partial charge >= 0.3 is 0 Å². The van der Waals surface area contributed by atoms with Crippen LogP contribution in [0.5, 0.6) is 5.75 Å². The Morgan fingerprint density at radius 1 is 1.38 bits per heavy atom. The lowest BCUT2D eigenvalue weighted by Crippen LogP contribution is -2.46. The highest BCUT2D eigenvalue weighted by Gasteiger charge is 2.17. The van der Waals surface area contributed by atoms with E-state index in [1.165, 1.54) is 0 Å². The molecule has 86 valence electrons. The number of benzene rings is 1. The van der Waals surface area contributed by atoms with Crippen LogP contribution in [0.3, 0.4) is 0 Å². The van der Waals surface area contributed by atoms with Crippen molar-refractivity contribution >= 4 is 5.91 Å². The number of hydrogen-bond acceptors (Lipinski definition) is 3. The zero-order chi connectivity index (χ0) is 11.4. The van der Waals surface area contributed by atoms with Crippen molar-refractivity contribution in [3.63, 3.8) is 0 Å². The molecule has 4 nitrogen and oxygen atoms in total. The van der Waals surface area contributed by atoms with Gasteiger partial charge in [-0.05, 0) is 24.1 Å². The van der Waals surface area contributed by atoms with E-state index < -0.39 is 0 Å². The number of hydrogen-bond donors (Lipinski definition) is 1. The van der Waals surface area contributed by atoms with Crippen LogP contribution in [0.1, 0.15) is 18.4 Å². The maximum absolute atomic E-state index is 11.6. The molecule has 0 atom stereocenters. The van der Waals surface area contributed by atoms with Crippen LogP contribution < -0.4 is 10.2 Å². The topological polar surface area (TPSA) is 41.6 Å². The molecular formula is C12H16N2O2. The molecule has 1 amide bonds. The van der Waals surface area contributed by atoms with E-state index in [1.54, 1.807) is 12.1 Å². The quantitative estimate of drug-likeness (QED) is 0.835. The lowest BCUT2D eigenvalue weighted by molar-refractivity contribution is -0.137. The van der Waals surface area contributed by atoms with Crippen LogP contribution in [0.4, 0.5) is 0 Å². The van der Waals surface area contributed by atoms with Crippen LogP contribution in [-0.2, 0) is 11.3 Å². The second-order valence-electron chi connectivity index (χ2n) is 3.84. The molecule has 0 saturated carbocycles. The third kappa shape index (κ3) is 2.52. The number of carbonyl (C=O) groups excluding carboxylic acids is 1. The summed E-state index contributed by atoms with van der Waals surface area (Å²) in [6, 6.07) is 7.76. The van der Waals surface area contributed by atoms with Crippen molar-refractivity contribution in [2.75, 3.05) is 13.7 Å². The molecule has 1 aliphatic rings. The van der Waals surface area contributed by atoms with E-state index in [0.717, 1.165) is 24.3 Å². The normalized spacial score (nSPS) is 16.3. The van der Waals surface area contributed by atoms with Gasteiger partial charge in [0.1, 0.15) is 5.75 Å². The molecule has 2 rings (SSSR count). The van der Waals surface area contributed by atoms with Gasteiger partial charge in [-0.2, -0.15) is 0 Å². The molecule has 0 aromatic heterocycles. The molecule has 0 unspecified atom stereocenters. The van der Waals surface area contributed by atoms with Crippen molar-refractivity contribution in [3.8, 4) is 5.75 Å². The number of ether oxygens (including phenoxy) is 1. The first-order valence-electron chi connectivity index (χ1n) is 5.46. The van der Waals surface area contributed by atoms with Gasteiger partial charge in [0.05, 0.1) is 13.7 Å². The van der Waals surface area contributed by atoms with Gasteiger partial charge in [-0.25, -0.2) is 5.43 Å². The second-order valence-corrected chi connectivity index (χ2v) is 3.84. The standard InChI is InChI=1S/C12H16N2O2/c1-16-11-6-4-10(5-7-11)9-14-12(15)3-2-8-13-14/h4-7,13H,2-3,8-9H2,1H3. The third-order valence-electron chi connectivity index (χ3n) is 2.67. The van der Waals surface area contributed by atoms with Crippen LogP contribution in [0, 0.1) is 0 Å². The summed E-state index contributed by atoms with van der Waals surface area (Å²) in [5.74, 6) is 1.00. The lowest BCUT2D eigenvalue weighted by atomic mass is 10.2. The van der Waals surface area contributed by atoms with Gasteiger partial charge in [-0.15, -0.1) is 0 Å². The Hall–Kier alpha value is -1.55. The Balaban J connectivity index is 1.99. The Kier molecular flexibility index (Phi) is 3.41. The summed E-state index contributed by atoms with van der Waals surface area (Å²) in [7, 11) is 1.64. The van der Waals surface area contributed by atoms with E-state index in [9.17, 15) is 4.79 Å².